The van der Waals surface area contributed by atoms with Crippen molar-refractivity contribution in [1.29, 1.82) is 0 Å². The van der Waals surface area contributed by atoms with Gasteiger partial charge >= 0.3 is 0 Å². The second-order valence-electron chi connectivity index (χ2n) is 5.52. The third-order valence-corrected chi connectivity index (χ3v) is 6.40. The van der Waals surface area contributed by atoms with Crippen LogP contribution in [0.25, 0.3) is 0 Å². The topological polar surface area (TPSA) is 49.4 Å². The van der Waals surface area contributed by atoms with Gasteiger partial charge in [0.25, 0.3) is 0 Å². The molecular weight excluding hydrogens is 352 g/mol. The van der Waals surface area contributed by atoms with E-state index in [1.54, 1.807) is 18.2 Å². The van der Waals surface area contributed by atoms with Crippen molar-refractivity contribution >= 4 is 26.0 Å². The SMILES string of the molecule is CCCCN1CCC(NS(=O)(=O)c2ccccc2Br)CC1. The Kier molecular flexibility index (Phi) is 6.22. The summed E-state index contributed by atoms with van der Waals surface area (Å²) in [7, 11) is -3.44. The van der Waals surface area contributed by atoms with Crippen molar-refractivity contribution in [3.8, 4) is 0 Å². The van der Waals surface area contributed by atoms with E-state index in [1.807, 2.05) is 6.07 Å². The van der Waals surface area contributed by atoms with Crippen LogP contribution in [0.5, 0.6) is 0 Å². The first-order chi connectivity index (χ1) is 10.0. The molecule has 0 radical (unpaired) electrons. The van der Waals surface area contributed by atoms with Crippen molar-refractivity contribution < 1.29 is 8.42 Å². The number of rotatable bonds is 6. The van der Waals surface area contributed by atoms with Gasteiger partial charge in [0.05, 0.1) is 4.90 Å². The zero-order chi connectivity index (χ0) is 15.3. The molecule has 1 saturated heterocycles. The van der Waals surface area contributed by atoms with Crippen LogP contribution in [0, 0.1) is 0 Å². The molecule has 1 aromatic rings. The molecule has 1 aromatic carbocycles. The summed E-state index contributed by atoms with van der Waals surface area (Å²) >= 11 is 3.31. The van der Waals surface area contributed by atoms with E-state index in [-0.39, 0.29) is 6.04 Å². The van der Waals surface area contributed by atoms with Crippen LogP contribution in [0.2, 0.25) is 0 Å². The van der Waals surface area contributed by atoms with Gasteiger partial charge in [-0.3, -0.25) is 0 Å². The largest absolute Gasteiger partial charge is 0.303 e. The second-order valence-corrected chi connectivity index (χ2v) is 8.06. The number of likely N-dealkylation sites (tertiary alicyclic amines) is 1. The molecule has 1 heterocycles. The van der Waals surface area contributed by atoms with E-state index in [0.717, 1.165) is 32.5 Å². The first kappa shape index (κ1) is 16.9. The minimum atomic E-state index is -3.44. The van der Waals surface area contributed by atoms with Crippen molar-refractivity contribution in [2.75, 3.05) is 19.6 Å². The lowest BCUT2D eigenvalue weighted by Crippen LogP contribution is -2.44. The lowest BCUT2D eigenvalue weighted by Gasteiger charge is -2.32. The van der Waals surface area contributed by atoms with Crippen LogP contribution in [0.4, 0.5) is 0 Å². The normalized spacial score (nSPS) is 18.0. The monoisotopic (exact) mass is 374 g/mol. The van der Waals surface area contributed by atoms with Crippen molar-refractivity contribution in [2.24, 2.45) is 0 Å². The molecule has 2 rings (SSSR count). The van der Waals surface area contributed by atoms with Crippen LogP contribution >= 0.6 is 15.9 Å². The highest BCUT2D eigenvalue weighted by atomic mass is 79.9. The molecule has 1 aliphatic rings. The number of piperidine rings is 1. The number of sulfonamides is 1. The highest BCUT2D eigenvalue weighted by Crippen LogP contribution is 2.22. The van der Waals surface area contributed by atoms with E-state index in [4.69, 9.17) is 0 Å². The van der Waals surface area contributed by atoms with Crippen molar-refractivity contribution in [3.05, 3.63) is 28.7 Å². The summed E-state index contributed by atoms with van der Waals surface area (Å²) in [6, 6.07) is 6.98. The van der Waals surface area contributed by atoms with E-state index in [0.29, 0.717) is 9.37 Å². The zero-order valence-corrected chi connectivity index (χ0v) is 14.8. The van der Waals surface area contributed by atoms with Gasteiger partial charge in [0.2, 0.25) is 10.0 Å². The third kappa shape index (κ3) is 4.77. The molecule has 118 valence electrons. The number of halogens is 1. The Labute approximate surface area is 136 Å². The van der Waals surface area contributed by atoms with E-state index in [2.05, 4.69) is 32.5 Å². The third-order valence-electron chi connectivity index (χ3n) is 3.86. The van der Waals surface area contributed by atoms with Crippen LogP contribution in [0.15, 0.2) is 33.6 Å². The molecule has 0 spiro atoms. The van der Waals surface area contributed by atoms with Gasteiger partial charge in [-0.25, -0.2) is 13.1 Å². The predicted octanol–water partition coefficient (Wildman–Crippen LogP) is 2.99. The molecule has 1 N–H and O–H groups in total. The molecule has 6 heteroatoms. The Balaban J connectivity index is 1.92. The predicted molar refractivity (Wildman–Crippen MR) is 88.8 cm³/mol. The van der Waals surface area contributed by atoms with Gasteiger partial charge in [-0.2, -0.15) is 0 Å². The van der Waals surface area contributed by atoms with Gasteiger partial charge in [0, 0.05) is 10.5 Å². The lowest BCUT2D eigenvalue weighted by molar-refractivity contribution is 0.205. The molecule has 1 aliphatic heterocycles. The molecule has 0 bridgehead atoms. The lowest BCUT2D eigenvalue weighted by atomic mass is 10.1. The molecule has 0 aliphatic carbocycles. The van der Waals surface area contributed by atoms with Gasteiger partial charge < -0.3 is 4.90 Å². The smallest absolute Gasteiger partial charge is 0.241 e. The maximum atomic E-state index is 12.4. The van der Waals surface area contributed by atoms with Crippen molar-refractivity contribution in [3.63, 3.8) is 0 Å². The molecule has 1 fully saturated rings. The number of hydrogen-bond acceptors (Lipinski definition) is 3. The van der Waals surface area contributed by atoms with Gasteiger partial charge in [0.1, 0.15) is 0 Å². The Morgan fingerprint density at radius 1 is 1.29 bits per heavy atom. The summed E-state index contributed by atoms with van der Waals surface area (Å²) in [5, 5.41) is 0. The van der Waals surface area contributed by atoms with E-state index >= 15 is 0 Å². The number of nitrogens with one attached hydrogen (secondary N) is 1. The number of unbranched alkanes of at least 4 members (excludes halogenated alkanes) is 1. The zero-order valence-electron chi connectivity index (χ0n) is 12.4. The fraction of sp³-hybridized carbons (Fsp3) is 0.600. The standard InChI is InChI=1S/C15H23BrN2O2S/c1-2-3-10-18-11-8-13(9-12-18)17-21(19,20)15-7-5-4-6-14(15)16/h4-7,13,17H,2-3,8-12H2,1H3. The highest BCUT2D eigenvalue weighted by Gasteiger charge is 2.25. The van der Waals surface area contributed by atoms with Crippen molar-refractivity contribution in [1.82, 2.24) is 9.62 Å². The summed E-state index contributed by atoms with van der Waals surface area (Å²) in [6.45, 7) is 5.27. The first-order valence-corrected chi connectivity index (χ1v) is 9.80. The molecule has 0 unspecified atom stereocenters. The fourth-order valence-electron chi connectivity index (χ4n) is 2.60. The van der Waals surface area contributed by atoms with E-state index in [9.17, 15) is 8.42 Å². The summed E-state index contributed by atoms with van der Waals surface area (Å²) in [4.78, 5) is 2.74. The minimum Gasteiger partial charge on any atom is -0.303 e. The highest BCUT2D eigenvalue weighted by molar-refractivity contribution is 9.10. The molecular formula is C15H23BrN2O2S. The molecule has 0 atom stereocenters. The van der Waals surface area contributed by atoms with Crippen molar-refractivity contribution in [2.45, 2.75) is 43.5 Å². The summed E-state index contributed by atoms with van der Waals surface area (Å²) in [6.07, 6.45) is 4.18. The Hall–Kier alpha value is -0.430. The first-order valence-electron chi connectivity index (χ1n) is 7.52. The number of nitrogens with zero attached hydrogens (tertiary/aromatic N) is 1. The van der Waals surface area contributed by atoms with Gasteiger partial charge in [-0.15, -0.1) is 0 Å². The molecule has 4 nitrogen and oxygen atoms in total. The van der Waals surface area contributed by atoms with Crippen LogP contribution in [0.1, 0.15) is 32.6 Å². The van der Waals surface area contributed by atoms with E-state index < -0.39 is 10.0 Å². The Morgan fingerprint density at radius 2 is 1.95 bits per heavy atom. The summed E-state index contributed by atoms with van der Waals surface area (Å²) in [5.41, 5.74) is 0. The Morgan fingerprint density at radius 3 is 2.57 bits per heavy atom. The maximum absolute atomic E-state index is 12.4. The average molecular weight is 375 g/mol. The average Bonchev–Trinajstić information content (AvgIpc) is 2.46. The molecule has 0 amide bonds. The van der Waals surface area contributed by atoms with Gasteiger partial charge in [-0.05, 0) is 67.0 Å². The second kappa shape index (κ2) is 7.72. The molecule has 0 saturated carbocycles. The van der Waals surface area contributed by atoms with Crippen LogP contribution in [-0.2, 0) is 10.0 Å². The number of hydrogen-bond donors (Lipinski definition) is 1. The van der Waals surface area contributed by atoms with Crippen LogP contribution in [-0.4, -0.2) is 39.0 Å². The molecule has 21 heavy (non-hydrogen) atoms. The van der Waals surface area contributed by atoms with Crippen LogP contribution < -0.4 is 4.72 Å². The Bertz CT molecular complexity index is 555. The summed E-state index contributed by atoms with van der Waals surface area (Å²) < 4.78 is 28.3. The van der Waals surface area contributed by atoms with Crippen LogP contribution in [0.3, 0.4) is 0 Å². The number of benzene rings is 1. The minimum absolute atomic E-state index is 0.0417. The van der Waals surface area contributed by atoms with Gasteiger partial charge in [0.15, 0.2) is 0 Å². The maximum Gasteiger partial charge on any atom is 0.241 e. The summed E-state index contributed by atoms with van der Waals surface area (Å²) in [5.74, 6) is 0. The van der Waals surface area contributed by atoms with Gasteiger partial charge in [-0.1, -0.05) is 25.5 Å². The quantitative estimate of drug-likeness (QED) is 0.832. The fourth-order valence-corrected chi connectivity index (χ4v) is 4.91. The van der Waals surface area contributed by atoms with E-state index in [1.165, 1.54) is 12.8 Å². The molecule has 0 aromatic heterocycles.